The number of aliphatic hydroxyl groups is 1. The molecule has 3 aromatic rings. The minimum Gasteiger partial charge on any atom is -0.386 e. The predicted molar refractivity (Wildman–Crippen MR) is 101 cm³/mol. The van der Waals surface area contributed by atoms with Gasteiger partial charge in [-0.25, -0.2) is 4.98 Å². The number of para-hydroxylation sites is 1. The molecule has 0 bridgehead atoms. The van der Waals surface area contributed by atoms with Gasteiger partial charge in [-0.3, -0.25) is 9.69 Å². The average molecular weight is 374 g/mol. The molecule has 7 heteroatoms. The van der Waals surface area contributed by atoms with Crippen LogP contribution in [0.15, 0.2) is 41.8 Å². The first-order valence-electron chi connectivity index (χ1n) is 8.29. The first-order chi connectivity index (χ1) is 12.2. The summed E-state index contributed by atoms with van der Waals surface area (Å²) in [4.78, 5) is 22.2. The van der Waals surface area contributed by atoms with Crippen molar-refractivity contribution in [3.63, 3.8) is 0 Å². The van der Waals surface area contributed by atoms with Gasteiger partial charge in [-0.1, -0.05) is 18.2 Å². The Balaban J connectivity index is 1.35. The standard InChI is InChI=1S/C18H19N3O2S2/c22-14(16-6-3-11-24-16)12-20-7-9-21(10-8-20)18(23)17-19-13-4-1-2-5-15(13)25-17/h1-6,11,14,22H,7-10,12H2. The summed E-state index contributed by atoms with van der Waals surface area (Å²) in [5.74, 6) is 0.0136. The first-order valence-corrected chi connectivity index (χ1v) is 9.99. The molecule has 0 aliphatic carbocycles. The highest BCUT2D eigenvalue weighted by molar-refractivity contribution is 7.20. The molecular formula is C18H19N3O2S2. The zero-order valence-electron chi connectivity index (χ0n) is 13.7. The average Bonchev–Trinajstić information content (AvgIpc) is 3.31. The third kappa shape index (κ3) is 3.59. The fourth-order valence-corrected chi connectivity index (χ4v) is 4.68. The number of aromatic nitrogens is 1. The number of piperazine rings is 1. The van der Waals surface area contributed by atoms with E-state index in [2.05, 4.69) is 9.88 Å². The van der Waals surface area contributed by atoms with Crippen molar-refractivity contribution in [2.24, 2.45) is 0 Å². The lowest BCUT2D eigenvalue weighted by Gasteiger charge is -2.35. The Hall–Kier alpha value is -1.80. The summed E-state index contributed by atoms with van der Waals surface area (Å²) in [7, 11) is 0. The van der Waals surface area contributed by atoms with E-state index in [9.17, 15) is 9.90 Å². The van der Waals surface area contributed by atoms with Crippen LogP contribution in [0.4, 0.5) is 0 Å². The van der Waals surface area contributed by atoms with Gasteiger partial charge in [0.15, 0.2) is 5.01 Å². The molecule has 130 valence electrons. The first kappa shape index (κ1) is 16.7. The number of thiazole rings is 1. The van der Waals surface area contributed by atoms with E-state index >= 15 is 0 Å². The van der Waals surface area contributed by atoms with Gasteiger partial charge in [0.2, 0.25) is 0 Å². The number of carbonyl (C=O) groups excluding carboxylic acids is 1. The number of amides is 1. The van der Waals surface area contributed by atoms with Crippen molar-refractivity contribution in [3.8, 4) is 0 Å². The van der Waals surface area contributed by atoms with Gasteiger partial charge in [0.1, 0.15) is 6.10 Å². The molecule has 0 radical (unpaired) electrons. The number of benzene rings is 1. The van der Waals surface area contributed by atoms with Gasteiger partial charge in [-0.05, 0) is 23.6 Å². The SMILES string of the molecule is O=C(c1nc2ccccc2s1)N1CCN(CC(O)c2cccs2)CC1. The molecule has 1 N–H and O–H groups in total. The maximum Gasteiger partial charge on any atom is 0.282 e. The Bertz CT molecular complexity index is 821. The third-order valence-corrected chi connectivity index (χ3v) is 6.44. The summed E-state index contributed by atoms with van der Waals surface area (Å²) in [5, 5.41) is 12.8. The smallest absolute Gasteiger partial charge is 0.282 e. The molecule has 1 aliphatic heterocycles. The molecule has 0 spiro atoms. The van der Waals surface area contributed by atoms with Gasteiger partial charge in [-0.15, -0.1) is 22.7 Å². The normalized spacial score (nSPS) is 17.1. The number of hydrogen-bond donors (Lipinski definition) is 1. The van der Waals surface area contributed by atoms with Crippen LogP contribution < -0.4 is 0 Å². The topological polar surface area (TPSA) is 56.7 Å². The summed E-state index contributed by atoms with van der Waals surface area (Å²) >= 11 is 3.03. The van der Waals surface area contributed by atoms with E-state index in [1.54, 1.807) is 11.3 Å². The van der Waals surface area contributed by atoms with E-state index < -0.39 is 6.10 Å². The quantitative estimate of drug-likeness (QED) is 0.764. The molecule has 1 aliphatic rings. The second kappa shape index (κ2) is 7.21. The Labute approximate surface area is 154 Å². The third-order valence-electron chi connectivity index (χ3n) is 4.44. The van der Waals surface area contributed by atoms with Crippen molar-refractivity contribution in [1.82, 2.24) is 14.8 Å². The van der Waals surface area contributed by atoms with Crippen LogP contribution in [0.2, 0.25) is 0 Å². The van der Waals surface area contributed by atoms with Crippen molar-refractivity contribution in [1.29, 1.82) is 0 Å². The van der Waals surface area contributed by atoms with Gasteiger partial charge in [-0.2, -0.15) is 0 Å². The largest absolute Gasteiger partial charge is 0.386 e. The molecular weight excluding hydrogens is 354 g/mol. The Morgan fingerprint density at radius 2 is 1.96 bits per heavy atom. The van der Waals surface area contributed by atoms with Crippen LogP contribution in [0.25, 0.3) is 10.2 Å². The highest BCUT2D eigenvalue weighted by atomic mass is 32.1. The molecule has 3 heterocycles. The zero-order valence-corrected chi connectivity index (χ0v) is 15.3. The number of nitrogens with zero attached hydrogens (tertiary/aromatic N) is 3. The lowest BCUT2D eigenvalue weighted by atomic mass is 10.2. The monoisotopic (exact) mass is 373 g/mol. The summed E-state index contributed by atoms with van der Waals surface area (Å²) < 4.78 is 1.04. The minimum atomic E-state index is -0.452. The molecule has 1 amide bonds. The highest BCUT2D eigenvalue weighted by Gasteiger charge is 2.25. The molecule has 1 unspecified atom stereocenters. The second-order valence-corrected chi connectivity index (χ2v) is 8.12. The van der Waals surface area contributed by atoms with Crippen LogP contribution in [-0.4, -0.2) is 58.5 Å². The molecule has 2 aromatic heterocycles. The molecule has 25 heavy (non-hydrogen) atoms. The molecule has 1 aromatic carbocycles. The van der Waals surface area contributed by atoms with E-state index in [0.717, 1.165) is 28.2 Å². The molecule has 1 atom stereocenters. The van der Waals surface area contributed by atoms with E-state index in [0.29, 0.717) is 24.6 Å². The maximum absolute atomic E-state index is 12.7. The molecule has 0 saturated carbocycles. The molecule has 4 rings (SSSR count). The summed E-state index contributed by atoms with van der Waals surface area (Å²) in [6, 6.07) is 11.8. The molecule has 1 fully saturated rings. The number of hydrogen-bond acceptors (Lipinski definition) is 6. The van der Waals surface area contributed by atoms with Crippen molar-refractivity contribution in [3.05, 3.63) is 51.7 Å². The minimum absolute atomic E-state index is 0.0136. The number of β-amino-alcohol motifs (C(OH)–C–C–N with tert-alkyl or cyclic N) is 1. The lowest BCUT2D eigenvalue weighted by molar-refractivity contribution is 0.0532. The number of carbonyl (C=O) groups is 1. The lowest BCUT2D eigenvalue weighted by Crippen LogP contribution is -2.49. The van der Waals surface area contributed by atoms with Crippen LogP contribution in [-0.2, 0) is 0 Å². The predicted octanol–water partition coefficient (Wildman–Crippen LogP) is 2.85. The van der Waals surface area contributed by atoms with E-state index in [1.807, 2.05) is 46.7 Å². The molecule has 5 nitrogen and oxygen atoms in total. The van der Waals surface area contributed by atoms with Crippen molar-refractivity contribution in [2.45, 2.75) is 6.10 Å². The second-order valence-electron chi connectivity index (χ2n) is 6.11. The number of rotatable bonds is 4. The van der Waals surface area contributed by atoms with Crippen LogP contribution in [0.3, 0.4) is 0 Å². The van der Waals surface area contributed by atoms with E-state index in [4.69, 9.17) is 0 Å². The van der Waals surface area contributed by atoms with E-state index in [-0.39, 0.29) is 5.91 Å². The van der Waals surface area contributed by atoms with Crippen molar-refractivity contribution in [2.75, 3.05) is 32.7 Å². The Kier molecular flexibility index (Phi) is 4.80. The number of fused-ring (bicyclic) bond motifs is 1. The zero-order chi connectivity index (χ0) is 17.2. The summed E-state index contributed by atoms with van der Waals surface area (Å²) in [5.41, 5.74) is 0.883. The van der Waals surface area contributed by atoms with Crippen LogP contribution in [0.5, 0.6) is 0 Å². The molecule has 1 saturated heterocycles. The Morgan fingerprint density at radius 1 is 1.16 bits per heavy atom. The Morgan fingerprint density at radius 3 is 2.68 bits per heavy atom. The van der Waals surface area contributed by atoms with Crippen LogP contribution >= 0.6 is 22.7 Å². The van der Waals surface area contributed by atoms with Crippen LogP contribution in [0.1, 0.15) is 20.8 Å². The summed E-state index contributed by atoms with van der Waals surface area (Å²) in [6.07, 6.45) is -0.452. The van der Waals surface area contributed by atoms with E-state index in [1.165, 1.54) is 11.3 Å². The van der Waals surface area contributed by atoms with Crippen LogP contribution in [0, 0.1) is 0 Å². The van der Waals surface area contributed by atoms with Gasteiger partial charge in [0, 0.05) is 37.6 Å². The van der Waals surface area contributed by atoms with Gasteiger partial charge >= 0.3 is 0 Å². The number of thiophene rings is 1. The highest BCUT2D eigenvalue weighted by Crippen LogP contribution is 2.24. The van der Waals surface area contributed by atoms with Crippen molar-refractivity contribution >= 4 is 38.8 Å². The maximum atomic E-state index is 12.7. The summed E-state index contributed by atoms with van der Waals surface area (Å²) in [6.45, 7) is 3.51. The fraction of sp³-hybridized carbons (Fsp3) is 0.333. The van der Waals surface area contributed by atoms with Gasteiger partial charge in [0.25, 0.3) is 5.91 Å². The van der Waals surface area contributed by atoms with Crippen molar-refractivity contribution < 1.29 is 9.90 Å². The fourth-order valence-electron chi connectivity index (χ4n) is 3.05. The number of aliphatic hydroxyl groups excluding tert-OH is 1. The van der Waals surface area contributed by atoms with Gasteiger partial charge in [0.05, 0.1) is 10.2 Å². The van der Waals surface area contributed by atoms with Gasteiger partial charge < -0.3 is 10.0 Å².